The molecular formula is C19H23N3S. The van der Waals surface area contributed by atoms with Gasteiger partial charge in [0.15, 0.2) is 0 Å². The minimum absolute atomic E-state index is 0.914. The van der Waals surface area contributed by atoms with E-state index in [1.54, 1.807) is 11.8 Å². The van der Waals surface area contributed by atoms with E-state index in [4.69, 9.17) is 0 Å². The van der Waals surface area contributed by atoms with Crippen LogP contribution in [0.3, 0.4) is 0 Å². The zero-order valence-corrected chi connectivity index (χ0v) is 14.7. The zero-order chi connectivity index (χ0) is 16.5. The van der Waals surface area contributed by atoms with Crippen LogP contribution in [0, 0.1) is 0 Å². The van der Waals surface area contributed by atoms with E-state index in [0.717, 1.165) is 29.3 Å². The fraction of sp³-hybridized carbons (Fsp3) is 0.211. The van der Waals surface area contributed by atoms with Crippen molar-refractivity contribution in [2.24, 2.45) is 4.99 Å². The fourth-order valence-electron chi connectivity index (χ4n) is 2.12. The molecule has 0 radical (unpaired) electrons. The van der Waals surface area contributed by atoms with Gasteiger partial charge in [-0.05, 0) is 43.0 Å². The number of nitrogens with one attached hydrogen (secondary N) is 1. The summed E-state index contributed by atoms with van der Waals surface area (Å²) in [6.45, 7) is 3.02. The van der Waals surface area contributed by atoms with Crippen LogP contribution in [0.1, 0.15) is 12.5 Å². The third-order valence-electron chi connectivity index (χ3n) is 3.35. The van der Waals surface area contributed by atoms with Gasteiger partial charge in [-0.3, -0.25) is 0 Å². The maximum atomic E-state index is 4.64. The summed E-state index contributed by atoms with van der Waals surface area (Å²) in [6.07, 6.45) is 3.94. The van der Waals surface area contributed by atoms with Gasteiger partial charge >= 0.3 is 0 Å². The van der Waals surface area contributed by atoms with Crippen molar-refractivity contribution in [3.8, 4) is 0 Å². The molecule has 0 amide bonds. The molecule has 0 spiro atoms. The van der Waals surface area contributed by atoms with Gasteiger partial charge in [-0.1, -0.05) is 30.3 Å². The lowest BCUT2D eigenvalue weighted by Crippen LogP contribution is -2.15. The minimum atomic E-state index is 0.914. The summed E-state index contributed by atoms with van der Waals surface area (Å²) >= 11 is 1.65. The molecule has 23 heavy (non-hydrogen) atoms. The average Bonchev–Trinajstić information content (AvgIpc) is 2.60. The number of thioether (sulfide) groups is 1. The van der Waals surface area contributed by atoms with Gasteiger partial charge in [-0.15, -0.1) is 11.8 Å². The molecule has 120 valence electrons. The Labute approximate surface area is 143 Å². The molecule has 2 rings (SSSR count). The van der Waals surface area contributed by atoms with Crippen LogP contribution in [-0.2, 0) is 0 Å². The monoisotopic (exact) mass is 325 g/mol. The van der Waals surface area contributed by atoms with Gasteiger partial charge in [-0.25, -0.2) is 4.99 Å². The normalized spacial score (nSPS) is 11.7. The van der Waals surface area contributed by atoms with Crippen molar-refractivity contribution in [2.75, 3.05) is 30.1 Å². The molecule has 0 fully saturated rings. The Morgan fingerprint density at radius 3 is 2.43 bits per heavy atom. The van der Waals surface area contributed by atoms with Crippen LogP contribution in [0.15, 0.2) is 70.8 Å². The molecule has 0 atom stereocenters. The largest absolute Gasteiger partial charge is 0.385 e. The molecule has 0 saturated carbocycles. The Kier molecular flexibility index (Phi) is 6.76. The average molecular weight is 325 g/mol. The summed E-state index contributed by atoms with van der Waals surface area (Å²) in [5.74, 6) is 0.914. The minimum Gasteiger partial charge on any atom is -0.385 e. The summed E-state index contributed by atoms with van der Waals surface area (Å²) in [6, 6.07) is 18.5. The molecule has 0 unspecified atom stereocenters. The molecule has 3 nitrogen and oxygen atoms in total. The van der Waals surface area contributed by atoms with E-state index >= 15 is 0 Å². The molecule has 0 aromatic heterocycles. The third kappa shape index (κ3) is 5.18. The second-order valence-corrected chi connectivity index (χ2v) is 5.72. The first-order valence-corrected chi connectivity index (χ1v) is 8.93. The molecule has 0 heterocycles. The van der Waals surface area contributed by atoms with Crippen molar-refractivity contribution in [3.05, 3.63) is 71.4 Å². The van der Waals surface area contributed by atoms with E-state index in [-0.39, 0.29) is 0 Å². The van der Waals surface area contributed by atoms with Crippen LogP contribution in [-0.4, -0.2) is 26.1 Å². The number of nitrogens with zero attached hydrogens (tertiary/aromatic N) is 2. The second-order valence-electron chi connectivity index (χ2n) is 5.02. The summed E-state index contributed by atoms with van der Waals surface area (Å²) in [7, 11) is 2.03. The molecule has 0 aliphatic carbocycles. The SMILES string of the molecule is CCNc1ccc(N(C)C(=C/SC)/N=C/c2ccccc2)cc1. The number of hydrogen-bond donors (Lipinski definition) is 1. The highest BCUT2D eigenvalue weighted by molar-refractivity contribution is 8.01. The summed E-state index contributed by atoms with van der Waals surface area (Å²) in [4.78, 5) is 6.73. The number of anilines is 2. The summed E-state index contributed by atoms with van der Waals surface area (Å²) in [5, 5.41) is 5.36. The molecule has 0 saturated heterocycles. The van der Waals surface area contributed by atoms with Crippen molar-refractivity contribution < 1.29 is 0 Å². The first-order valence-electron chi connectivity index (χ1n) is 7.64. The van der Waals surface area contributed by atoms with Gasteiger partial charge < -0.3 is 10.2 Å². The Morgan fingerprint density at radius 1 is 1.13 bits per heavy atom. The van der Waals surface area contributed by atoms with Crippen LogP contribution in [0.4, 0.5) is 11.4 Å². The Bertz CT molecular complexity index is 648. The van der Waals surface area contributed by atoms with Gasteiger partial charge in [0.2, 0.25) is 0 Å². The number of hydrogen-bond acceptors (Lipinski definition) is 4. The maximum absolute atomic E-state index is 4.64. The lowest BCUT2D eigenvalue weighted by atomic mass is 10.2. The molecule has 1 N–H and O–H groups in total. The highest BCUT2D eigenvalue weighted by Crippen LogP contribution is 2.22. The van der Waals surface area contributed by atoms with E-state index in [2.05, 4.69) is 51.8 Å². The number of aliphatic imine (C=N–C) groups is 1. The lowest BCUT2D eigenvalue weighted by Gasteiger charge is -2.20. The Hall–Kier alpha value is -2.20. The first kappa shape index (κ1) is 17.2. The van der Waals surface area contributed by atoms with Crippen molar-refractivity contribution in [1.29, 1.82) is 0 Å². The lowest BCUT2D eigenvalue weighted by molar-refractivity contribution is 1.07. The Morgan fingerprint density at radius 2 is 1.83 bits per heavy atom. The highest BCUT2D eigenvalue weighted by atomic mass is 32.2. The summed E-state index contributed by atoms with van der Waals surface area (Å²) in [5.41, 5.74) is 3.33. The van der Waals surface area contributed by atoms with E-state index in [9.17, 15) is 0 Å². The molecular weight excluding hydrogens is 302 g/mol. The van der Waals surface area contributed by atoms with E-state index in [1.165, 1.54) is 0 Å². The smallest absolute Gasteiger partial charge is 0.139 e. The van der Waals surface area contributed by atoms with Gasteiger partial charge in [0.05, 0.1) is 0 Å². The van der Waals surface area contributed by atoms with Crippen LogP contribution in [0.25, 0.3) is 0 Å². The zero-order valence-electron chi connectivity index (χ0n) is 13.9. The summed E-state index contributed by atoms with van der Waals surface area (Å²) < 4.78 is 0. The van der Waals surface area contributed by atoms with Gasteiger partial charge in [0.25, 0.3) is 0 Å². The van der Waals surface area contributed by atoms with Crippen molar-refractivity contribution in [3.63, 3.8) is 0 Å². The van der Waals surface area contributed by atoms with E-state index in [1.807, 2.05) is 49.8 Å². The first-order chi connectivity index (χ1) is 11.2. The Balaban J connectivity index is 2.16. The molecule has 2 aromatic rings. The molecule has 4 heteroatoms. The highest BCUT2D eigenvalue weighted by Gasteiger charge is 2.05. The van der Waals surface area contributed by atoms with Crippen LogP contribution in [0.2, 0.25) is 0 Å². The van der Waals surface area contributed by atoms with Gasteiger partial charge in [-0.2, -0.15) is 0 Å². The van der Waals surface area contributed by atoms with Crippen LogP contribution >= 0.6 is 11.8 Å². The standard InChI is InChI=1S/C19H23N3S/c1-4-20-17-10-12-18(13-11-17)22(2)19(15-23-3)21-14-16-8-6-5-7-9-16/h5-15,20H,4H2,1-3H3/b19-15+,21-14+. The fourth-order valence-corrected chi connectivity index (χ4v) is 2.55. The van der Waals surface area contributed by atoms with Crippen LogP contribution < -0.4 is 10.2 Å². The van der Waals surface area contributed by atoms with Crippen molar-refractivity contribution >= 4 is 29.4 Å². The number of benzene rings is 2. The van der Waals surface area contributed by atoms with E-state index in [0.29, 0.717) is 0 Å². The molecule has 0 aliphatic heterocycles. The second kappa shape index (κ2) is 9.06. The molecule has 2 aromatic carbocycles. The van der Waals surface area contributed by atoms with Crippen molar-refractivity contribution in [1.82, 2.24) is 0 Å². The van der Waals surface area contributed by atoms with Gasteiger partial charge in [0.1, 0.15) is 5.82 Å². The van der Waals surface area contributed by atoms with E-state index < -0.39 is 0 Å². The quantitative estimate of drug-likeness (QED) is 0.739. The predicted molar refractivity (Wildman–Crippen MR) is 105 cm³/mol. The predicted octanol–water partition coefficient (Wildman–Crippen LogP) is 4.84. The molecule has 0 bridgehead atoms. The third-order valence-corrected chi connectivity index (χ3v) is 3.79. The molecule has 0 aliphatic rings. The maximum Gasteiger partial charge on any atom is 0.139 e. The topological polar surface area (TPSA) is 27.6 Å². The number of rotatable bonds is 7. The van der Waals surface area contributed by atoms with Crippen LogP contribution in [0.5, 0.6) is 0 Å². The van der Waals surface area contributed by atoms with Crippen molar-refractivity contribution in [2.45, 2.75) is 6.92 Å². The van der Waals surface area contributed by atoms with Gasteiger partial charge in [0, 0.05) is 36.6 Å².